The first-order valence-electron chi connectivity index (χ1n) is 12.3. The van der Waals surface area contributed by atoms with E-state index in [0.29, 0.717) is 5.69 Å². The zero-order chi connectivity index (χ0) is 30.8. The molecule has 228 valence electrons. The van der Waals surface area contributed by atoms with Crippen molar-refractivity contribution in [2.24, 2.45) is 0 Å². The van der Waals surface area contributed by atoms with Crippen LogP contribution in [0.15, 0.2) is 30.7 Å². The Morgan fingerprint density at radius 3 is 1.85 bits per heavy atom. The monoisotopic (exact) mass is 596 g/mol. The first-order valence-corrected chi connectivity index (χ1v) is 12.3. The van der Waals surface area contributed by atoms with Gasteiger partial charge in [0.1, 0.15) is 5.69 Å². The van der Waals surface area contributed by atoms with Gasteiger partial charge in [-0.1, -0.05) is 0 Å². The van der Waals surface area contributed by atoms with Gasteiger partial charge in [0.25, 0.3) is 5.91 Å². The van der Waals surface area contributed by atoms with Crippen LogP contribution in [0.4, 0.5) is 43.4 Å². The zero-order valence-electron chi connectivity index (χ0n) is 21.9. The van der Waals surface area contributed by atoms with E-state index in [1.165, 1.54) is 31.3 Å². The molecule has 2 fully saturated rings. The second-order valence-corrected chi connectivity index (χ2v) is 9.06. The number of hydrogen-bond donors (Lipinski definition) is 4. The molecule has 1 aromatic carbocycles. The highest BCUT2D eigenvalue weighted by molar-refractivity contribution is 6.04. The molecule has 4 N–H and O–H groups in total. The molecule has 0 saturated carbocycles. The molecule has 17 heteroatoms. The van der Waals surface area contributed by atoms with Gasteiger partial charge in [-0.05, 0) is 44.5 Å². The number of carboxylic acid groups (broad SMARTS) is 2. The summed E-state index contributed by atoms with van der Waals surface area (Å²) in [7, 11) is 2.17. The third kappa shape index (κ3) is 10.8. The molecule has 0 spiro atoms. The van der Waals surface area contributed by atoms with Gasteiger partial charge in [-0.25, -0.2) is 14.6 Å². The van der Waals surface area contributed by atoms with E-state index in [-0.39, 0.29) is 5.91 Å². The van der Waals surface area contributed by atoms with Crippen molar-refractivity contribution in [1.29, 1.82) is 0 Å². The molecule has 11 nitrogen and oxygen atoms in total. The van der Waals surface area contributed by atoms with Crippen LogP contribution in [0.25, 0.3) is 0 Å². The minimum absolute atomic E-state index is 0.155. The third-order valence-electron chi connectivity index (χ3n) is 6.02. The van der Waals surface area contributed by atoms with Crippen LogP contribution >= 0.6 is 0 Å². The molecule has 2 aliphatic rings. The van der Waals surface area contributed by atoms with Crippen LogP contribution in [0.1, 0.15) is 29.8 Å². The van der Waals surface area contributed by atoms with Gasteiger partial charge in [-0.15, -0.1) is 0 Å². The Morgan fingerprint density at radius 2 is 1.39 bits per heavy atom. The predicted octanol–water partition coefficient (Wildman–Crippen LogP) is 3.67. The van der Waals surface area contributed by atoms with E-state index >= 15 is 0 Å². The maximum atomic E-state index is 12.5. The molecule has 0 radical (unpaired) electrons. The summed E-state index contributed by atoms with van der Waals surface area (Å²) in [6.45, 7) is 6.32. The van der Waals surface area contributed by atoms with Gasteiger partial charge >= 0.3 is 24.3 Å². The minimum atomic E-state index is -5.08. The number of imidazole rings is 1. The Labute approximate surface area is 230 Å². The molecule has 2 aliphatic heterocycles. The highest BCUT2D eigenvalue weighted by Crippen LogP contribution is 2.33. The normalized spacial score (nSPS) is 16.1. The molecule has 3 heterocycles. The highest BCUT2D eigenvalue weighted by Gasteiger charge is 2.38. The number of piperazine rings is 1. The number of anilines is 3. The zero-order valence-corrected chi connectivity index (χ0v) is 21.9. The van der Waals surface area contributed by atoms with Gasteiger partial charge in [-0.3, -0.25) is 4.79 Å². The van der Waals surface area contributed by atoms with E-state index in [0.717, 1.165) is 50.6 Å². The number of aromatic nitrogens is 2. The van der Waals surface area contributed by atoms with Crippen LogP contribution in [0.3, 0.4) is 0 Å². The summed E-state index contributed by atoms with van der Waals surface area (Å²) < 4.78 is 63.5. The highest BCUT2D eigenvalue weighted by atomic mass is 19.4. The number of carbonyl (C=O) groups excluding carboxylic acids is 1. The minimum Gasteiger partial charge on any atom is -0.475 e. The molecule has 0 aliphatic carbocycles. The molecule has 0 atom stereocenters. The predicted molar refractivity (Wildman–Crippen MR) is 136 cm³/mol. The van der Waals surface area contributed by atoms with Crippen LogP contribution in [-0.2, 0) is 9.59 Å². The molecule has 2 saturated heterocycles. The number of nitrogens with one attached hydrogen (secondary N) is 2. The second kappa shape index (κ2) is 14.6. The number of aliphatic carboxylic acids is 2. The number of likely N-dealkylation sites (N-methyl/N-ethyl adjacent to an activating group) is 1. The molecule has 4 rings (SSSR count). The maximum Gasteiger partial charge on any atom is 0.490 e. The topological polar surface area (TPSA) is 142 Å². The summed E-state index contributed by atoms with van der Waals surface area (Å²) in [5.74, 6) is -5.67. The summed E-state index contributed by atoms with van der Waals surface area (Å²) in [4.78, 5) is 44.3. The summed E-state index contributed by atoms with van der Waals surface area (Å²) in [5, 5.41) is 17.3. The standard InChI is InChI=1S/C20H28N6O.2C2HF3O2/c1-24-9-11-25(12-10-24)16-5-6-17(23-20(27)18-14-21-15-22-18)19(13-16)26-7-3-2-4-8-26;2*3-2(4,5)1(6)7/h5-6,13-15H,2-4,7-12H2,1H3,(H,21,22)(H,23,27);2*(H,6,7). The summed E-state index contributed by atoms with van der Waals surface area (Å²) >= 11 is 0. The average Bonchev–Trinajstić information content (AvgIpc) is 3.45. The van der Waals surface area contributed by atoms with Gasteiger partial charge in [0, 0.05) is 45.0 Å². The Bertz CT molecular complexity index is 1120. The molecule has 0 bridgehead atoms. The number of H-pyrrole nitrogens is 1. The van der Waals surface area contributed by atoms with Gasteiger partial charge in [0.2, 0.25) is 0 Å². The van der Waals surface area contributed by atoms with Crippen molar-refractivity contribution in [3.63, 3.8) is 0 Å². The van der Waals surface area contributed by atoms with Gasteiger partial charge < -0.3 is 35.2 Å². The van der Waals surface area contributed by atoms with E-state index in [9.17, 15) is 31.1 Å². The number of carbonyl (C=O) groups is 3. The number of piperidine rings is 1. The fourth-order valence-corrected chi connectivity index (χ4v) is 3.85. The van der Waals surface area contributed by atoms with Gasteiger partial charge in [0.05, 0.1) is 23.9 Å². The lowest BCUT2D eigenvalue weighted by atomic mass is 10.1. The van der Waals surface area contributed by atoms with E-state index in [1.54, 1.807) is 6.20 Å². The lowest BCUT2D eigenvalue weighted by Gasteiger charge is -2.36. The molecule has 1 amide bonds. The quantitative estimate of drug-likeness (QED) is 0.389. The molecular formula is C24H30F6N6O5. The lowest BCUT2D eigenvalue weighted by molar-refractivity contribution is -0.193. The number of aromatic amines is 1. The maximum absolute atomic E-state index is 12.5. The van der Waals surface area contributed by atoms with Crippen LogP contribution in [0.5, 0.6) is 0 Å². The summed E-state index contributed by atoms with van der Waals surface area (Å²) in [5.41, 5.74) is 3.71. The van der Waals surface area contributed by atoms with Crippen molar-refractivity contribution in [3.8, 4) is 0 Å². The lowest BCUT2D eigenvalue weighted by Crippen LogP contribution is -2.44. The fourth-order valence-electron chi connectivity index (χ4n) is 3.85. The Morgan fingerprint density at radius 1 is 0.854 bits per heavy atom. The number of amides is 1. The fraction of sp³-hybridized carbons (Fsp3) is 0.500. The van der Waals surface area contributed by atoms with Gasteiger partial charge in [0.15, 0.2) is 0 Å². The average molecular weight is 597 g/mol. The number of carboxylic acids is 2. The van der Waals surface area contributed by atoms with Crippen molar-refractivity contribution in [1.82, 2.24) is 14.9 Å². The van der Waals surface area contributed by atoms with Crippen LogP contribution in [-0.4, -0.2) is 102 Å². The molecule has 1 aromatic heterocycles. The van der Waals surface area contributed by atoms with E-state index in [4.69, 9.17) is 19.8 Å². The SMILES string of the molecule is CN1CCN(c2ccc(NC(=O)c3cnc[nH]3)c(N3CCCCC3)c2)CC1.O=C(O)C(F)(F)F.O=C(O)C(F)(F)F. The number of rotatable bonds is 4. The number of halogens is 6. The van der Waals surface area contributed by atoms with Crippen molar-refractivity contribution in [2.45, 2.75) is 31.6 Å². The Balaban J connectivity index is 0.000000349. The van der Waals surface area contributed by atoms with Crippen molar-refractivity contribution >= 4 is 34.9 Å². The number of alkyl halides is 6. The summed E-state index contributed by atoms with van der Waals surface area (Å²) in [6.07, 6.45) is -3.41. The molecule has 0 unspecified atom stereocenters. The largest absolute Gasteiger partial charge is 0.490 e. The van der Waals surface area contributed by atoms with Crippen LogP contribution in [0, 0.1) is 0 Å². The molecular weight excluding hydrogens is 566 g/mol. The molecule has 2 aromatic rings. The smallest absolute Gasteiger partial charge is 0.475 e. The number of nitrogens with zero attached hydrogens (tertiary/aromatic N) is 4. The van der Waals surface area contributed by atoms with E-state index < -0.39 is 24.3 Å². The summed E-state index contributed by atoms with van der Waals surface area (Å²) in [6, 6.07) is 6.42. The third-order valence-corrected chi connectivity index (χ3v) is 6.02. The number of hydrogen-bond acceptors (Lipinski definition) is 7. The van der Waals surface area contributed by atoms with Gasteiger partial charge in [-0.2, -0.15) is 26.3 Å². The molecule has 41 heavy (non-hydrogen) atoms. The Kier molecular flexibility index (Phi) is 11.8. The van der Waals surface area contributed by atoms with Crippen LogP contribution < -0.4 is 15.1 Å². The van der Waals surface area contributed by atoms with Crippen LogP contribution in [0.2, 0.25) is 0 Å². The van der Waals surface area contributed by atoms with E-state index in [2.05, 4.69) is 49.2 Å². The number of benzene rings is 1. The van der Waals surface area contributed by atoms with Crippen molar-refractivity contribution < 1.29 is 50.9 Å². The second-order valence-electron chi connectivity index (χ2n) is 9.06. The first kappa shape index (κ1) is 33.2. The van der Waals surface area contributed by atoms with Crippen molar-refractivity contribution in [3.05, 3.63) is 36.4 Å². The first-order chi connectivity index (χ1) is 19.1. The van der Waals surface area contributed by atoms with Crippen molar-refractivity contribution in [2.75, 3.05) is 61.4 Å². The Hall–Kier alpha value is -4.02. The van der Waals surface area contributed by atoms with E-state index in [1.807, 2.05) is 6.07 Å².